The number of nitrogens with zero attached hydrogens (tertiary/aromatic N) is 1. The molecule has 0 spiro atoms. The number of carbonyl (C=O) groups excluding carboxylic acids is 1. The molecule has 1 atom stereocenters. The average molecular weight is 486 g/mol. The summed E-state index contributed by atoms with van der Waals surface area (Å²) in [5.74, 6) is -0.345. The third kappa shape index (κ3) is 4.97. The Morgan fingerprint density at radius 1 is 1.15 bits per heavy atom. The molecule has 7 heteroatoms. The second-order valence-corrected chi connectivity index (χ2v) is 9.37. The van der Waals surface area contributed by atoms with Crippen LogP contribution in [0.1, 0.15) is 24.5 Å². The van der Waals surface area contributed by atoms with Gasteiger partial charge in [0.2, 0.25) is 15.9 Å². The topological polar surface area (TPSA) is 66.5 Å². The number of anilines is 2. The standard InChI is InChI=1S/C19H23IN2O3S/c1-5-18(19(23)21-17-11-8-15(20)12-14(17)3)22(26(4,24)25)16-9-6-13(2)7-10-16/h6-12,18H,5H2,1-4H3,(H,21,23)/t18-/m0/s1. The number of rotatable bonds is 6. The Labute approximate surface area is 169 Å². The first-order valence-electron chi connectivity index (χ1n) is 8.26. The van der Waals surface area contributed by atoms with Crippen LogP contribution in [0.4, 0.5) is 11.4 Å². The molecule has 2 aromatic rings. The van der Waals surface area contributed by atoms with Crippen molar-refractivity contribution in [3.8, 4) is 0 Å². The highest BCUT2D eigenvalue weighted by atomic mass is 127. The largest absolute Gasteiger partial charge is 0.324 e. The van der Waals surface area contributed by atoms with Crippen LogP contribution in [0.3, 0.4) is 0 Å². The van der Waals surface area contributed by atoms with E-state index < -0.39 is 16.1 Å². The van der Waals surface area contributed by atoms with Gasteiger partial charge in [-0.15, -0.1) is 0 Å². The van der Waals surface area contributed by atoms with Crippen molar-refractivity contribution >= 4 is 49.9 Å². The lowest BCUT2D eigenvalue weighted by molar-refractivity contribution is -0.117. The van der Waals surface area contributed by atoms with E-state index in [1.165, 1.54) is 4.31 Å². The van der Waals surface area contributed by atoms with Gasteiger partial charge in [-0.05, 0) is 78.8 Å². The minimum absolute atomic E-state index is 0.345. The fourth-order valence-electron chi connectivity index (χ4n) is 2.74. The Morgan fingerprint density at radius 3 is 2.27 bits per heavy atom. The number of nitrogens with one attached hydrogen (secondary N) is 1. The molecule has 5 nitrogen and oxygen atoms in total. The van der Waals surface area contributed by atoms with Crippen molar-refractivity contribution < 1.29 is 13.2 Å². The van der Waals surface area contributed by atoms with Crippen molar-refractivity contribution in [3.63, 3.8) is 0 Å². The number of benzene rings is 2. The number of halogens is 1. The molecular formula is C19H23IN2O3S. The maximum absolute atomic E-state index is 12.9. The van der Waals surface area contributed by atoms with Crippen molar-refractivity contribution in [2.45, 2.75) is 33.2 Å². The maximum Gasteiger partial charge on any atom is 0.248 e. The molecule has 0 saturated carbocycles. The summed E-state index contributed by atoms with van der Waals surface area (Å²) in [5, 5.41) is 2.87. The van der Waals surface area contributed by atoms with Gasteiger partial charge in [0.1, 0.15) is 6.04 Å². The second-order valence-electron chi connectivity index (χ2n) is 6.27. The number of sulfonamides is 1. The Hall–Kier alpha value is -1.61. The minimum atomic E-state index is -3.62. The molecule has 0 aliphatic rings. The van der Waals surface area contributed by atoms with Gasteiger partial charge in [-0.25, -0.2) is 8.42 Å². The van der Waals surface area contributed by atoms with Crippen LogP contribution in [0.2, 0.25) is 0 Å². The fourth-order valence-corrected chi connectivity index (χ4v) is 4.59. The molecule has 0 aromatic heterocycles. The highest BCUT2D eigenvalue weighted by molar-refractivity contribution is 14.1. The average Bonchev–Trinajstić information content (AvgIpc) is 2.55. The van der Waals surface area contributed by atoms with Gasteiger partial charge in [-0.3, -0.25) is 9.10 Å². The Bertz CT molecular complexity index is 896. The first-order valence-corrected chi connectivity index (χ1v) is 11.2. The minimum Gasteiger partial charge on any atom is -0.324 e. The van der Waals surface area contributed by atoms with Crippen LogP contribution in [0, 0.1) is 17.4 Å². The van der Waals surface area contributed by atoms with Gasteiger partial charge in [0.15, 0.2) is 0 Å². The predicted octanol–water partition coefficient (Wildman–Crippen LogP) is 4.09. The summed E-state index contributed by atoms with van der Waals surface area (Å²) < 4.78 is 27.1. The van der Waals surface area contributed by atoms with Crippen LogP contribution in [0.5, 0.6) is 0 Å². The third-order valence-corrected chi connectivity index (χ3v) is 5.92. The van der Waals surface area contributed by atoms with E-state index in [4.69, 9.17) is 0 Å². The van der Waals surface area contributed by atoms with Crippen molar-refractivity contribution in [2.24, 2.45) is 0 Å². The first-order chi connectivity index (χ1) is 12.1. The Morgan fingerprint density at radius 2 is 1.77 bits per heavy atom. The van der Waals surface area contributed by atoms with Crippen LogP contribution >= 0.6 is 22.6 Å². The van der Waals surface area contributed by atoms with Gasteiger partial charge in [-0.2, -0.15) is 0 Å². The van der Waals surface area contributed by atoms with Gasteiger partial charge in [-0.1, -0.05) is 24.6 Å². The molecule has 0 fully saturated rings. The van der Waals surface area contributed by atoms with E-state index >= 15 is 0 Å². The lowest BCUT2D eigenvalue weighted by Crippen LogP contribution is -2.47. The summed E-state index contributed by atoms with van der Waals surface area (Å²) in [5.41, 5.74) is 3.13. The number of aryl methyl sites for hydroxylation is 2. The molecule has 0 aliphatic heterocycles. The number of amides is 1. The quantitative estimate of drug-likeness (QED) is 0.626. The third-order valence-electron chi connectivity index (χ3n) is 4.06. The monoisotopic (exact) mass is 486 g/mol. The van der Waals surface area contributed by atoms with Crippen molar-refractivity contribution in [1.82, 2.24) is 0 Å². The van der Waals surface area contributed by atoms with Gasteiger partial charge in [0.05, 0.1) is 11.9 Å². The molecule has 1 N–H and O–H groups in total. The van der Waals surface area contributed by atoms with Crippen LogP contribution in [-0.2, 0) is 14.8 Å². The molecule has 0 heterocycles. The van der Waals surface area contributed by atoms with Gasteiger partial charge >= 0.3 is 0 Å². The summed E-state index contributed by atoms with van der Waals surface area (Å²) in [6, 6.07) is 12.0. The van der Waals surface area contributed by atoms with E-state index in [1.54, 1.807) is 19.1 Å². The SMILES string of the molecule is CC[C@@H](C(=O)Nc1ccc(I)cc1C)N(c1ccc(C)cc1)S(C)(=O)=O. The lowest BCUT2D eigenvalue weighted by atomic mass is 10.1. The van der Waals surface area contributed by atoms with Gasteiger partial charge in [0, 0.05) is 9.26 Å². The summed E-state index contributed by atoms with van der Waals surface area (Å²) >= 11 is 2.21. The fraction of sp³-hybridized carbons (Fsp3) is 0.316. The van der Waals surface area contributed by atoms with Crippen LogP contribution < -0.4 is 9.62 Å². The molecule has 2 rings (SSSR count). The molecule has 1 amide bonds. The molecule has 26 heavy (non-hydrogen) atoms. The van der Waals surface area contributed by atoms with Crippen molar-refractivity contribution in [3.05, 3.63) is 57.2 Å². The normalized spacial score (nSPS) is 12.5. The molecule has 0 bridgehead atoms. The Balaban J connectivity index is 2.38. The molecular weight excluding hydrogens is 463 g/mol. The van der Waals surface area contributed by atoms with E-state index in [0.29, 0.717) is 17.8 Å². The predicted molar refractivity (Wildman–Crippen MR) is 115 cm³/mol. The number of hydrogen-bond acceptors (Lipinski definition) is 3. The van der Waals surface area contributed by atoms with E-state index in [9.17, 15) is 13.2 Å². The zero-order chi connectivity index (χ0) is 19.5. The van der Waals surface area contributed by atoms with E-state index in [-0.39, 0.29) is 5.91 Å². The zero-order valence-corrected chi connectivity index (χ0v) is 18.3. The maximum atomic E-state index is 12.9. The van der Waals surface area contributed by atoms with E-state index in [0.717, 1.165) is 21.0 Å². The Kier molecular flexibility index (Phi) is 6.68. The van der Waals surface area contributed by atoms with E-state index in [1.807, 2.05) is 44.2 Å². The molecule has 0 aliphatic carbocycles. The van der Waals surface area contributed by atoms with Crippen molar-refractivity contribution in [2.75, 3.05) is 15.9 Å². The summed E-state index contributed by atoms with van der Waals surface area (Å²) in [6.07, 6.45) is 1.48. The first kappa shape index (κ1) is 20.7. The highest BCUT2D eigenvalue weighted by Gasteiger charge is 2.31. The zero-order valence-electron chi connectivity index (χ0n) is 15.3. The van der Waals surface area contributed by atoms with Gasteiger partial charge in [0.25, 0.3) is 0 Å². The van der Waals surface area contributed by atoms with Crippen LogP contribution in [0.25, 0.3) is 0 Å². The second kappa shape index (κ2) is 8.39. The molecule has 140 valence electrons. The molecule has 0 saturated heterocycles. The summed E-state index contributed by atoms with van der Waals surface area (Å²) in [6.45, 7) is 5.64. The molecule has 2 aromatic carbocycles. The molecule has 0 radical (unpaired) electrons. The van der Waals surface area contributed by atoms with Crippen LogP contribution in [-0.4, -0.2) is 26.6 Å². The van der Waals surface area contributed by atoms with Crippen molar-refractivity contribution in [1.29, 1.82) is 0 Å². The summed E-state index contributed by atoms with van der Waals surface area (Å²) in [4.78, 5) is 12.9. The van der Waals surface area contributed by atoms with Crippen LogP contribution in [0.15, 0.2) is 42.5 Å². The lowest BCUT2D eigenvalue weighted by Gasteiger charge is -2.30. The number of hydrogen-bond donors (Lipinski definition) is 1. The number of carbonyl (C=O) groups is 1. The summed E-state index contributed by atoms with van der Waals surface area (Å²) in [7, 11) is -3.62. The van der Waals surface area contributed by atoms with E-state index in [2.05, 4.69) is 27.9 Å². The van der Waals surface area contributed by atoms with Gasteiger partial charge < -0.3 is 5.32 Å². The smallest absolute Gasteiger partial charge is 0.248 e. The molecule has 0 unspecified atom stereocenters. The highest BCUT2D eigenvalue weighted by Crippen LogP contribution is 2.25.